The van der Waals surface area contributed by atoms with Gasteiger partial charge in [-0.3, -0.25) is 5.41 Å². The summed E-state index contributed by atoms with van der Waals surface area (Å²) in [7, 11) is -1.26. The minimum atomic E-state index is -3.81. The van der Waals surface area contributed by atoms with Gasteiger partial charge >= 0.3 is 5.95 Å². The summed E-state index contributed by atoms with van der Waals surface area (Å²) < 4.78 is 39.8. The lowest BCUT2D eigenvalue weighted by molar-refractivity contribution is -0.396. The van der Waals surface area contributed by atoms with E-state index < -0.39 is 32.5 Å². The number of aromatic nitrogens is 2. The lowest BCUT2D eigenvalue weighted by Crippen LogP contribution is -2.32. The molecule has 0 aliphatic carbocycles. The van der Waals surface area contributed by atoms with Gasteiger partial charge in [0.25, 0.3) is 0 Å². The fourth-order valence-corrected chi connectivity index (χ4v) is 4.40. The van der Waals surface area contributed by atoms with Gasteiger partial charge in [0, 0.05) is 13.6 Å². The second-order valence-electron chi connectivity index (χ2n) is 7.65. The maximum Gasteiger partial charge on any atom is 0.434 e. The number of amidine groups is 1. The second kappa shape index (κ2) is 11.6. The van der Waals surface area contributed by atoms with Crippen LogP contribution in [0.15, 0.2) is 40.4 Å². The first-order valence-corrected chi connectivity index (χ1v) is 13.0. The summed E-state index contributed by atoms with van der Waals surface area (Å²) >= 11 is 3.08. The molecule has 38 heavy (non-hydrogen) atoms. The number of hydrogen-bond acceptors (Lipinski definition) is 12. The van der Waals surface area contributed by atoms with Gasteiger partial charge in [0.1, 0.15) is 30.2 Å². The molecule has 19 heteroatoms. The normalized spacial score (nSPS) is 13.6. The van der Waals surface area contributed by atoms with E-state index in [2.05, 4.69) is 26.2 Å². The predicted molar refractivity (Wildman–Crippen MR) is 133 cm³/mol. The Balaban J connectivity index is 1.88. The van der Waals surface area contributed by atoms with Crippen molar-refractivity contribution in [3.05, 3.63) is 62.0 Å². The third-order valence-electron chi connectivity index (χ3n) is 5.14. The number of nitriles is 1. The van der Waals surface area contributed by atoms with Crippen molar-refractivity contribution in [2.24, 2.45) is 12.8 Å². The summed E-state index contributed by atoms with van der Waals surface area (Å²) in [6.45, 7) is -0.248. The fourth-order valence-electron chi connectivity index (χ4n) is 3.12. The quantitative estimate of drug-likeness (QED) is 0.0583. The van der Waals surface area contributed by atoms with Crippen LogP contribution < -0.4 is 16.1 Å². The summed E-state index contributed by atoms with van der Waals surface area (Å²) in [6, 6.07) is 3.88. The molecule has 3 rings (SSSR count). The van der Waals surface area contributed by atoms with Crippen molar-refractivity contribution in [2.45, 2.75) is 13.0 Å². The third-order valence-corrected chi connectivity index (χ3v) is 7.47. The van der Waals surface area contributed by atoms with Gasteiger partial charge in [-0.1, -0.05) is 10.2 Å². The first-order valence-electron chi connectivity index (χ1n) is 10.6. The summed E-state index contributed by atoms with van der Waals surface area (Å²) in [4.78, 5) is 25.5. The van der Waals surface area contributed by atoms with Crippen LogP contribution in [0.1, 0.15) is 12.1 Å². The molecule has 0 saturated heterocycles. The van der Waals surface area contributed by atoms with Crippen LogP contribution in [-0.4, -0.2) is 57.6 Å². The molecule has 1 aliphatic rings. The Morgan fingerprint density at radius 3 is 2.79 bits per heavy atom. The van der Waals surface area contributed by atoms with Crippen LogP contribution >= 0.6 is 15.9 Å². The zero-order chi connectivity index (χ0) is 28.2. The number of hydrogen-bond donors (Lipinski definition) is 3. The zero-order valence-corrected chi connectivity index (χ0v) is 22.4. The summed E-state index contributed by atoms with van der Waals surface area (Å²) in [5, 5.41) is 32.8. The van der Waals surface area contributed by atoms with Crippen LogP contribution in [0.2, 0.25) is 0 Å². The van der Waals surface area contributed by atoms with Gasteiger partial charge in [0.15, 0.2) is 17.7 Å². The molecule has 204 valence electrons. The summed E-state index contributed by atoms with van der Waals surface area (Å²) in [5.41, 5.74) is 6.32. The number of halogens is 2. The predicted octanol–water partition coefficient (Wildman–Crippen LogP) is 1.16. The van der Waals surface area contributed by atoms with Crippen LogP contribution in [0, 0.1) is 32.8 Å². The molecule has 0 radical (unpaired) electrons. The molecule has 0 saturated carbocycles. The monoisotopic (exact) mass is 616 g/mol. The number of nitrogens with zero attached hydrogens (tertiary/aromatic N) is 7. The number of sulfonamides is 1. The Labute approximate surface area is 224 Å². The van der Waals surface area contributed by atoms with E-state index in [0.29, 0.717) is 10.00 Å². The highest BCUT2D eigenvalue weighted by molar-refractivity contribution is 9.10. The lowest BCUT2D eigenvalue weighted by Gasteiger charge is -2.21. The number of nitrogens with two attached hydrogens (primary N) is 1. The number of nitro groups is 1. The number of rotatable bonds is 12. The van der Waals surface area contributed by atoms with Crippen LogP contribution in [0.25, 0.3) is 0 Å². The van der Waals surface area contributed by atoms with E-state index in [4.69, 9.17) is 26.2 Å². The molecule has 0 atom stereocenters. The minimum absolute atomic E-state index is 0.000603. The van der Waals surface area contributed by atoms with Crippen molar-refractivity contribution in [1.29, 1.82) is 10.7 Å². The maximum absolute atomic E-state index is 13.8. The van der Waals surface area contributed by atoms with E-state index in [1.54, 1.807) is 0 Å². The van der Waals surface area contributed by atoms with Crippen molar-refractivity contribution < 1.29 is 27.5 Å². The van der Waals surface area contributed by atoms with E-state index in [9.17, 15) is 22.9 Å². The lowest BCUT2D eigenvalue weighted by atomic mass is 10.2. The average Bonchev–Trinajstić information content (AvgIpc) is 3.41. The standard InChI is InChI=1S/C19H22BrFN10O6S/c1-27(11-22)38(34,35)7-3-6-25-18-16(17(23)24)29(12-4-5-15(21)14(20)8-12)37-31(18)36-10-13-9-26-19(28(13)2)30(32)33/h4-5,8-9,25H,3,6-7,10H2,1-2H3,(H3,23,24). The molecule has 0 spiro atoms. The zero-order valence-electron chi connectivity index (χ0n) is 20.0. The average molecular weight is 617 g/mol. The molecular formula is C19H22BrFN10O6S. The van der Waals surface area contributed by atoms with Crippen molar-refractivity contribution in [3.8, 4) is 6.19 Å². The second-order valence-corrected chi connectivity index (χ2v) is 10.6. The van der Waals surface area contributed by atoms with Gasteiger partial charge in [-0.05, 0) is 45.5 Å². The Kier molecular flexibility index (Phi) is 8.72. The Morgan fingerprint density at radius 1 is 1.50 bits per heavy atom. The molecule has 0 amide bonds. The molecule has 16 nitrogen and oxygen atoms in total. The number of imidazole rings is 1. The largest absolute Gasteiger partial charge is 0.434 e. The van der Waals surface area contributed by atoms with Crippen molar-refractivity contribution in [2.75, 3.05) is 24.4 Å². The van der Waals surface area contributed by atoms with Crippen molar-refractivity contribution in [1.82, 2.24) is 24.4 Å². The van der Waals surface area contributed by atoms with Crippen LogP contribution in [0.4, 0.5) is 16.0 Å². The van der Waals surface area contributed by atoms with E-state index >= 15 is 0 Å². The van der Waals surface area contributed by atoms with Crippen LogP contribution in [0.3, 0.4) is 0 Å². The molecular weight excluding hydrogens is 595 g/mol. The van der Waals surface area contributed by atoms with Gasteiger partial charge in [-0.2, -0.15) is 10.3 Å². The first kappa shape index (κ1) is 28.6. The molecule has 1 aromatic heterocycles. The smallest absolute Gasteiger partial charge is 0.390 e. The molecule has 4 N–H and O–H groups in total. The van der Waals surface area contributed by atoms with Crippen LogP contribution in [0.5, 0.6) is 0 Å². The van der Waals surface area contributed by atoms with E-state index in [0.717, 1.165) is 23.4 Å². The highest BCUT2D eigenvalue weighted by Gasteiger charge is 2.36. The Hall–Kier alpha value is -3.99. The van der Waals surface area contributed by atoms with E-state index in [1.807, 2.05) is 0 Å². The number of hydroxylamine groups is 3. The first-order chi connectivity index (χ1) is 17.9. The Morgan fingerprint density at radius 2 is 2.21 bits per heavy atom. The molecule has 2 heterocycles. The van der Waals surface area contributed by atoms with Gasteiger partial charge in [0.05, 0.1) is 23.0 Å². The summed E-state index contributed by atoms with van der Waals surface area (Å²) in [6.07, 6.45) is 2.82. The highest BCUT2D eigenvalue weighted by atomic mass is 79.9. The van der Waals surface area contributed by atoms with Gasteiger partial charge < -0.3 is 21.2 Å². The van der Waals surface area contributed by atoms with Crippen molar-refractivity contribution >= 4 is 43.4 Å². The van der Waals surface area contributed by atoms with Gasteiger partial charge in [0.2, 0.25) is 10.0 Å². The number of nitrogens with one attached hydrogen (secondary N) is 2. The van der Waals surface area contributed by atoms with Gasteiger partial charge in [-0.15, -0.1) is 4.94 Å². The Bertz CT molecular complexity index is 1430. The highest BCUT2D eigenvalue weighted by Crippen LogP contribution is 2.33. The summed E-state index contributed by atoms with van der Waals surface area (Å²) in [5.74, 6) is -1.80. The minimum Gasteiger partial charge on any atom is -0.390 e. The molecule has 0 unspecified atom stereocenters. The van der Waals surface area contributed by atoms with E-state index in [-0.39, 0.29) is 47.0 Å². The van der Waals surface area contributed by atoms with Gasteiger partial charge in [-0.25, -0.2) is 26.5 Å². The molecule has 0 fully saturated rings. The van der Waals surface area contributed by atoms with E-state index in [1.165, 1.54) is 36.1 Å². The van der Waals surface area contributed by atoms with Crippen molar-refractivity contribution in [3.63, 3.8) is 0 Å². The fraction of sp³-hybridized carbons (Fsp3) is 0.316. The maximum atomic E-state index is 13.8. The molecule has 1 aliphatic heterocycles. The molecule has 1 aromatic carbocycles. The third kappa shape index (κ3) is 6.10. The molecule has 0 bridgehead atoms. The number of benzene rings is 1. The topological polar surface area (TPSA) is 209 Å². The number of anilines is 1. The SMILES string of the molecule is CN(C#N)S(=O)(=O)CCCNC1=C(C(=N)N)N(c2ccc(F)c(Br)c2)ON1OCc1cnc([N+](=O)[O-])n1C. The molecule has 2 aromatic rings. The van der Waals surface area contributed by atoms with Crippen LogP contribution in [-0.2, 0) is 33.5 Å².